The van der Waals surface area contributed by atoms with Crippen LogP contribution < -0.4 is 11.1 Å². The minimum absolute atomic E-state index is 0.210. The second kappa shape index (κ2) is 5.67. The van der Waals surface area contributed by atoms with E-state index in [9.17, 15) is 9.18 Å². The van der Waals surface area contributed by atoms with E-state index in [0.717, 1.165) is 0 Å². The van der Waals surface area contributed by atoms with Crippen LogP contribution in [0.5, 0.6) is 0 Å². The first-order valence-electron chi connectivity index (χ1n) is 4.68. The van der Waals surface area contributed by atoms with Crippen molar-refractivity contribution in [3.8, 4) is 0 Å². The lowest BCUT2D eigenvalue weighted by atomic mass is 10.2. The number of carboxylic acids is 1. The predicted octanol–water partition coefficient (Wildman–Crippen LogP) is 1.69. The Kier molecular flexibility index (Phi) is 4.52. The highest BCUT2D eigenvalue weighted by molar-refractivity contribution is 6.30. The van der Waals surface area contributed by atoms with Gasteiger partial charge in [-0.15, -0.1) is 0 Å². The second-order valence-electron chi connectivity index (χ2n) is 3.28. The Labute approximate surface area is 97.2 Å². The second-order valence-corrected chi connectivity index (χ2v) is 3.72. The van der Waals surface area contributed by atoms with Crippen molar-refractivity contribution >= 4 is 23.3 Å². The molecule has 0 amide bonds. The third-order valence-electron chi connectivity index (χ3n) is 2.02. The number of hydrogen-bond acceptors (Lipinski definition) is 3. The Morgan fingerprint density at radius 3 is 2.94 bits per heavy atom. The fourth-order valence-electron chi connectivity index (χ4n) is 1.12. The maximum absolute atomic E-state index is 13.2. The van der Waals surface area contributed by atoms with Gasteiger partial charge in [-0.25, -0.2) is 4.39 Å². The molecule has 16 heavy (non-hydrogen) atoms. The Balaban J connectivity index is 2.48. The Bertz CT molecular complexity index is 387. The minimum atomic E-state index is -1.08. The molecule has 1 atom stereocenters. The van der Waals surface area contributed by atoms with Crippen LogP contribution >= 0.6 is 11.6 Å². The van der Waals surface area contributed by atoms with Crippen molar-refractivity contribution in [3.63, 3.8) is 0 Å². The highest BCUT2D eigenvalue weighted by atomic mass is 35.5. The number of carboxylic acid groups (broad SMARTS) is 1. The molecular weight excluding hydrogens is 235 g/mol. The van der Waals surface area contributed by atoms with Gasteiger partial charge in [0.15, 0.2) is 0 Å². The standard InChI is InChI=1S/C10H12ClFN2O2/c11-6-1-2-7(12)9(5-6)14-4-3-8(13)10(15)16/h1-2,5,8,14H,3-4,13H2,(H,15,16). The van der Waals surface area contributed by atoms with Crippen molar-refractivity contribution in [1.29, 1.82) is 0 Å². The molecule has 0 spiro atoms. The molecule has 0 saturated heterocycles. The van der Waals surface area contributed by atoms with Gasteiger partial charge in [-0.1, -0.05) is 11.6 Å². The van der Waals surface area contributed by atoms with E-state index in [1.54, 1.807) is 0 Å². The highest BCUT2D eigenvalue weighted by Crippen LogP contribution is 2.19. The van der Waals surface area contributed by atoms with E-state index in [2.05, 4.69) is 5.32 Å². The summed E-state index contributed by atoms with van der Waals surface area (Å²) in [6, 6.07) is 3.16. The first kappa shape index (κ1) is 12.7. The molecule has 0 saturated carbocycles. The van der Waals surface area contributed by atoms with Crippen LogP contribution in [0.2, 0.25) is 5.02 Å². The van der Waals surface area contributed by atoms with Gasteiger partial charge in [-0.2, -0.15) is 0 Å². The van der Waals surface area contributed by atoms with Gasteiger partial charge in [0, 0.05) is 11.6 Å². The van der Waals surface area contributed by atoms with Crippen molar-refractivity contribution in [1.82, 2.24) is 0 Å². The molecule has 0 heterocycles. The Morgan fingerprint density at radius 2 is 2.31 bits per heavy atom. The van der Waals surface area contributed by atoms with E-state index in [1.165, 1.54) is 18.2 Å². The molecule has 1 aromatic rings. The number of nitrogens with one attached hydrogen (secondary N) is 1. The number of hydrogen-bond donors (Lipinski definition) is 3. The lowest BCUT2D eigenvalue weighted by Gasteiger charge is -2.09. The van der Waals surface area contributed by atoms with Gasteiger partial charge in [0.1, 0.15) is 11.9 Å². The van der Waals surface area contributed by atoms with Gasteiger partial charge in [0.25, 0.3) is 0 Å². The lowest BCUT2D eigenvalue weighted by molar-refractivity contribution is -0.138. The monoisotopic (exact) mass is 246 g/mol. The molecule has 1 aromatic carbocycles. The van der Waals surface area contributed by atoms with E-state index < -0.39 is 17.8 Å². The summed E-state index contributed by atoms with van der Waals surface area (Å²) in [7, 11) is 0. The molecule has 0 aliphatic heterocycles. The molecule has 0 bridgehead atoms. The zero-order valence-corrected chi connectivity index (χ0v) is 9.17. The van der Waals surface area contributed by atoms with Crippen molar-refractivity contribution in [3.05, 3.63) is 29.0 Å². The van der Waals surface area contributed by atoms with Gasteiger partial charge in [0.05, 0.1) is 5.69 Å². The SMILES string of the molecule is NC(CCNc1cc(Cl)ccc1F)C(=O)O. The van der Waals surface area contributed by atoms with E-state index in [1.807, 2.05) is 0 Å². The molecule has 88 valence electrons. The predicted molar refractivity (Wildman–Crippen MR) is 60.1 cm³/mol. The van der Waals surface area contributed by atoms with Crippen LogP contribution in [-0.2, 0) is 4.79 Å². The topological polar surface area (TPSA) is 75.3 Å². The van der Waals surface area contributed by atoms with Gasteiger partial charge < -0.3 is 16.2 Å². The molecule has 0 aliphatic rings. The normalized spacial score (nSPS) is 12.2. The van der Waals surface area contributed by atoms with Crippen molar-refractivity contribution in [2.24, 2.45) is 5.73 Å². The number of anilines is 1. The number of aliphatic carboxylic acids is 1. The number of rotatable bonds is 5. The summed E-state index contributed by atoms with van der Waals surface area (Å²) in [5.74, 6) is -1.51. The molecule has 0 radical (unpaired) electrons. The van der Waals surface area contributed by atoms with Crippen LogP contribution in [0.1, 0.15) is 6.42 Å². The van der Waals surface area contributed by atoms with Crippen molar-refractivity contribution in [2.75, 3.05) is 11.9 Å². The summed E-state index contributed by atoms with van der Waals surface area (Å²) < 4.78 is 13.2. The number of benzene rings is 1. The lowest BCUT2D eigenvalue weighted by Crippen LogP contribution is -2.32. The average Bonchev–Trinajstić information content (AvgIpc) is 2.22. The number of nitrogens with two attached hydrogens (primary N) is 1. The Morgan fingerprint density at radius 1 is 1.62 bits per heavy atom. The maximum atomic E-state index is 13.2. The van der Waals surface area contributed by atoms with Crippen molar-refractivity contribution < 1.29 is 14.3 Å². The number of carbonyl (C=O) groups is 1. The smallest absolute Gasteiger partial charge is 0.320 e. The van der Waals surface area contributed by atoms with Crippen LogP contribution in [0.25, 0.3) is 0 Å². The highest BCUT2D eigenvalue weighted by Gasteiger charge is 2.10. The third kappa shape index (κ3) is 3.67. The van der Waals surface area contributed by atoms with Gasteiger partial charge >= 0.3 is 5.97 Å². The summed E-state index contributed by atoms with van der Waals surface area (Å²) in [6.07, 6.45) is 0.210. The summed E-state index contributed by atoms with van der Waals surface area (Å²) in [5, 5.41) is 11.7. The van der Waals surface area contributed by atoms with Gasteiger partial charge in [0.2, 0.25) is 0 Å². The molecule has 0 aromatic heterocycles. The van der Waals surface area contributed by atoms with E-state index >= 15 is 0 Å². The summed E-state index contributed by atoms with van der Waals surface area (Å²) in [6.45, 7) is 0.269. The molecule has 1 unspecified atom stereocenters. The first-order valence-corrected chi connectivity index (χ1v) is 5.06. The van der Waals surface area contributed by atoms with Crippen molar-refractivity contribution in [2.45, 2.75) is 12.5 Å². The van der Waals surface area contributed by atoms with Crippen LogP contribution in [0, 0.1) is 5.82 Å². The molecule has 1 rings (SSSR count). The molecule has 4 nitrogen and oxygen atoms in total. The quantitative estimate of drug-likeness (QED) is 0.739. The molecule has 0 aliphatic carbocycles. The summed E-state index contributed by atoms with van der Waals surface area (Å²) in [4.78, 5) is 10.4. The minimum Gasteiger partial charge on any atom is -0.480 e. The zero-order valence-electron chi connectivity index (χ0n) is 8.41. The van der Waals surface area contributed by atoms with Crippen LogP contribution in [-0.4, -0.2) is 23.7 Å². The van der Waals surface area contributed by atoms with Gasteiger partial charge in [-0.3, -0.25) is 4.79 Å². The maximum Gasteiger partial charge on any atom is 0.320 e. The fourth-order valence-corrected chi connectivity index (χ4v) is 1.29. The van der Waals surface area contributed by atoms with E-state index in [4.69, 9.17) is 22.4 Å². The summed E-state index contributed by atoms with van der Waals surface area (Å²) in [5.41, 5.74) is 5.53. The molecule has 4 N–H and O–H groups in total. The van der Waals surface area contributed by atoms with Crippen LogP contribution in [0.3, 0.4) is 0 Å². The van der Waals surface area contributed by atoms with Crippen LogP contribution in [0.4, 0.5) is 10.1 Å². The average molecular weight is 247 g/mol. The first-order chi connectivity index (χ1) is 7.50. The van der Waals surface area contributed by atoms with Crippen LogP contribution in [0.15, 0.2) is 18.2 Å². The Hall–Kier alpha value is -1.33. The number of halogens is 2. The van der Waals surface area contributed by atoms with E-state index in [0.29, 0.717) is 5.02 Å². The zero-order chi connectivity index (χ0) is 12.1. The molecule has 0 fully saturated rings. The molecule has 6 heteroatoms. The molecular formula is C10H12ClFN2O2. The van der Waals surface area contributed by atoms with Gasteiger partial charge in [-0.05, 0) is 24.6 Å². The third-order valence-corrected chi connectivity index (χ3v) is 2.25. The largest absolute Gasteiger partial charge is 0.480 e. The van der Waals surface area contributed by atoms with E-state index in [-0.39, 0.29) is 18.7 Å². The summed E-state index contributed by atoms with van der Waals surface area (Å²) >= 11 is 5.68. The fraction of sp³-hybridized carbons (Fsp3) is 0.300.